The van der Waals surface area contributed by atoms with Crippen LogP contribution in [0.1, 0.15) is 79.4 Å². The van der Waals surface area contributed by atoms with Gasteiger partial charge in [-0.1, -0.05) is 0 Å². The summed E-state index contributed by atoms with van der Waals surface area (Å²) in [5, 5.41) is 3.01. The fourth-order valence-corrected chi connectivity index (χ4v) is 6.93. The summed E-state index contributed by atoms with van der Waals surface area (Å²) in [6, 6.07) is 4.99. The molecule has 33 heavy (non-hydrogen) atoms. The monoisotopic (exact) mass is 557 g/mol. The van der Waals surface area contributed by atoms with Crippen molar-refractivity contribution in [2.45, 2.75) is 80.1 Å². The maximum Gasteiger partial charge on any atom is -1.00 e. The fraction of sp³-hybridized carbons (Fsp3) is 0.467. The van der Waals surface area contributed by atoms with Crippen LogP contribution in [-0.2, 0) is 36.6 Å². The number of aryl methyl sites for hydroxylation is 1. The molecule has 1 aromatic carbocycles. The van der Waals surface area contributed by atoms with E-state index in [-0.39, 0.29) is 41.1 Å². The van der Waals surface area contributed by atoms with Crippen molar-refractivity contribution in [3.63, 3.8) is 0 Å². The Morgan fingerprint density at radius 2 is 1.67 bits per heavy atom. The van der Waals surface area contributed by atoms with E-state index >= 15 is 0 Å². The minimum absolute atomic E-state index is 0. The molecule has 0 heterocycles. The van der Waals surface area contributed by atoms with Gasteiger partial charge >= 0.3 is 205 Å². The van der Waals surface area contributed by atoms with Gasteiger partial charge in [0.2, 0.25) is 0 Å². The first-order chi connectivity index (χ1) is 14.5. The molecule has 0 fully saturated rings. The van der Waals surface area contributed by atoms with Crippen LogP contribution in [0.25, 0.3) is 8.85 Å². The third kappa shape index (κ3) is 4.41. The average molecular weight is 560 g/mol. The van der Waals surface area contributed by atoms with Gasteiger partial charge in [-0.15, -0.1) is 0 Å². The van der Waals surface area contributed by atoms with E-state index in [4.69, 9.17) is 0 Å². The minimum Gasteiger partial charge on any atom is -1.00 e. The largest absolute Gasteiger partial charge is 1.00 e. The van der Waals surface area contributed by atoms with Gasteiger partial charge in [0.05, 0.1) is 0 Å². The van der Waals surface area contributed by atoms with Gasteiger partial charge in [0.15, 0.2) is 0 Å². The maximum absolute atomic E-state index is 2.57. The van der Waals surface area contributed by atoms with Gasteiger partial charge in [0.25, 0.3) is 0 Å². The van der Waals surface area contributed by atoms with Crippen molar-refractivity contribution in [1.29, 1.82) is 0 Å². The van der Waals surface area contributed by atoms with Gasteiger partial charge in [-0.25, -0.2) is 0 Å². The van der Waals surface area contributed by atoms with E-state index in [2.05, 4.69) is 97.9 Å². The number of allylic oxidation sites excluding steroid dienone is 8. The standard InChI is InChI=1S/C30H37.2ClH.Zr/c1-9-20-17-23(28(3,4)5)18-22-19-25-24(26(20)22)15-16-30(10-2,29(6,7)8)27(25)21-13-11-12-14-21;;;/h11-13,15-18H,9-10,14H2,1-8H3;2*1H;/q;;;+2/p-2. The second-order valence-corrected chi connectivity index (χ2v) is 12.7. The van der Waals surface area contributed by atoms with E-state index in [1.165, 1.54) is 57.4 Å². The first-order valence-electron chi connectivity index (χ1n) is 11.9. The molecule has 3 aliphatic carbocycles. The molecule has 0 bridgehead atoms. The van der Waals surface area contributed by atoms with Crippen molar-refractivity contribution >= 4 is 8.85 Å². The number of halogens is 2. The predicted octanol–water partition coefficient (Wildman–Crippen LogP) is 0.569. The number of fused-ring (bicyclic) bond motifs is 2. The molecule has 3 aliphatic rings. The average Bonchev–Trinajstić information content (AvgIpc) is 3.32. The summed E-state index contributed by atoms with van der Waals surface area (Å²) in [5.74, 6) is 0. The van der Waals surface area contributed by atoms with E-state index in [1.54, 1.807) is 14.4 Å². The van der Waals surface area contributed by atoms with E-state index in [1.807, 2.05) is 0 Å². The summed E-state index contributed by atoms with van der Waals surface area (Å²) >= 11 is 1.53. The SMILES string of the molecule is CCc1cc(C(C)(C)C)cc2c1=C1C=CC(CC)(C(C)(C)C)C(C3=CC=CC3)=C1[C]=2[Zr+2].[Cl-].[Cl-]. The van der Waals surface area contributed by atoms with Crippen molar-refractivity contribution < 1.29 is 49.5 Å². The number of hydrogen-bond donors (Lipinski definition) is 0. The number of rotatable bonds is 3. The molecule has 1 unspecified atom stereocenters. The summed E-state index contributed by atoms with van der Waals surface area (Å²) in [7, 11) is 0. The van der Waals surface area contributed by atoms with Crippen LogP contribution in [-0.4, -0.2) is 0 Å². The topological polar surface area (TPSA) is 0 Å². The molecule has 0 radical (unpaired) electrons. The Bertz CT molecular complexity index is 1190. The van der Waals surface area contributed by atoms with E-state index < -0.39 is 0 Å². The molecule has 3 heteroatoms. The van der Waals surface area contributed by atoms with Crippen LogP contribution in [0.2, 0.25) is 0 Å². The predicted molar refractivity (Wildman–Crippen MR) is 131 cm³/mol. The molecular formula is C30H37Cl2Zr. The van der Waals surface area contributed by atoms with Crippen LogP contribution in [0.3, 0.4) is 0 Å². The van der Waals surface area contributed by atoms with Crippen LogP contribution >= 0.6 is 0 Å². The fourth-order valence-electron chi connectivity index (χ4n) is 5.81. The number of benzene rings is 1. The van der Waals surface area contributed by atoms with Crippen molar-refractivity contribution in [3.8, 4) is 0 Å². The van der Waals surface area contributed by atoms with Crippen LogP contribution in [0.5, 0.6) is 0 Å². The zero-order chi connectivity index (χ0) is 22.8. The summed E-state index contributed by atoms with van der Waals surface area (Å²) in [6.07, 6.45) is 15.3. The quantitative estimate of drug-likeness (QED) is 0.508. The van der Waals surface area contributed by atoms with E-state index in [9.17, 15) is 0 Å². The van der Waals surface area contributed by atoms with E-state index in [0.717, 1.165) is 19.3 Å². The van der Waals surface area contributed by atoms with Crippen molar-refractivity contribution in [3.05, 3.63) is 80.8 Å². The molecule has 1 aromatic rings. The molecule has 1 atom stereocenters. The minimum atomic E-state index is 0. The number of hydrogen-bond acceptors (Lipinski definition) is 0. The first kappa shape index (κ1) is 28.6. The van der Waals surface area contributed by atoms with Gasteiger partial charge in [0, 0.05) is 0 Å². The smallest absolute Gasteiger partial charge is 1.00 e. The van der Waals surface area contributed by atoms with Gasteiger partial charge in [-0.3, -0.25) is 0 Å². The summed E-state index contributed by atoms with van der Waals surface area (Å²) < 4.78 is 1.56. The zero-order valence-corrected chi connectivity index (χ0v) is 25.4. The maximum atomic E-state index is 2.57. The van der Waals surface area contributed by atoms with Gasteiger partial charge in [0.1, 0.15) is 0 Å². The third-order valence-corrected chi connectivity index (χ3v) is 9.02. The first-order valence-corrected chi connectivity index (χ1v) is 13.1. The zero-order valence-electron chi connectivity index (χ0n) is 21.4. The van der Waals surface area contributed by atoms with Gasteiger partial charge in [-0.05, 0) is 0 Å². The second-order valence-electron chi connectivity index (χ2n) is 11.4. The molecule has 0 spiro atoms. The van der Waals surface area contributed by atoms with Crippen molar-refractivity contribution in [1.82, 2.24) is 0 Å². The second kappa shape index (κ2) is 9.80. The van der Waals surface area contributed by atoms with Gasteiger partial charge < -0.3 is 24.8 Å². The van der Waals surface area contributed by atoms with Gasteiger partial charge in [-0.2, -0.15) is 0 Å². The molecule has 0 N–H and O–H groups in total. The summed E-state index contributed by atoms with van der Waals surface area (Å²) in [5.41, 5.74) is 9.53. The van der Waals surface area contributed by atoms with Crippen LogP contribution in [0.4, 0.5) is 0 Å². The van der Waals surface area contributed by atoms with E-state index in [0.29, 0.717) is 0 Å². The Hall–Kier alpha value is -0.617. The molecular weight excluding hydrogens is 522 g/mol. The molecule has 0 aromatic heterocycles. The summed E-state index contributed by atoms with van der Waals surface area (Å²) in [4.78, 5) is 0. The third-order valence-electron chi connectivity index (χ3n) is 7.74. The van der Waals surface area contributed by atoms with Crippen molar-refractivity contribution in [2.24, 2.45) is 10.8 Å². The Balaban J connectivity index is 0.00000193. The molecule has 175 valence electrons. The van der Waals surface area contributed by atoms with Crippen LogP contribution < -0.4 is 35.3 Å². The normalized spacial score (nSPS) is 21.6. The van der Waals surface area contributed by atoms with Crippen LogP contribution in [0.15, 0.2) is 59.2 Å². The molecule has 0 amide bonds. The Kier molecular flexibility index (Phi) is 8.50. The molecule has 0 nitrogen and oxygen atoms in total. The molecule has 4 rings (SSSR count). The summed E-state index contributed by atoms with van der Waals surface area (Å²) in [6.45, 7) is 19.0. The van der Waals surface area contributed by atoms with Crippen LogP contribution in [0, 0.1) is 10.8 Å². The van der Waals surface area contributed by atoms with Crippen molar-refractivity contribution in [2.75, 3.05) is 0 Å². The molecule has 0 aliphatic heterocycles. The Morgan fingerprint density at radius 1 is 1.00 bits per heavy atom. The Labute approximate surface area is 228 Å². The molecule has 0 saturated carbocycles. The molecule has 0 saturated heterocycles. The Morgan fingerprint density at radius 3 is 2.15 bits per heavy atom.